The number of hydrogen-bond donors (Lipinski definition) is 0. The molecule has 3 rings (SSSR count). The molecule has 0 aliphatic rings. The third kappa shape index (κ3) is 3.48. The number of anilines is 1. The molecule has 0 aliphatic carbocycles. The van der Waals surface area contributed by atoms with Crippen LogP contribution in [-0.2, 0) is 16.6 Å². The van der Waals surface area contributed by atoms with Crippen LogP contribution in [0.3, 0.4) is 0 Å². The minimum Gasteiger partial charge on any atom is -0.261 e. The van der Waals surface area contributed by atoms with Crippen LogP contribution in [-0.4, -0.2) is 8.42 Å². The van der Waals surface area contributed by atoms with Crippen LogP contribution in [0.5, 0.6) is 0 Å². The molecule has 0 saturated heterocycles. The van der Waals surface area contributed by atoms with Crippen molar-refractivity contribution in [3.8, 4) is 0 Å². The van der Waals surface area contributed by atoms with Gasteiger partial charge in [0.1, 0.15) is 5.82 Å². The molecular weight excluding hydrogens is 349 g/mol. The summed E-state index contributed by atoms with van der Waals surface area (Å²) in [6.45, 7) is 3.64. The third-order valence-corrected chi connectivity index (χ3v) is 6.05. The van der Waals surface area contributed by atoms with Gasteiger partial charge in [-0.2, -0.15) is 0 Å². The summed E-state index contributed by atoms with van der Waals surface area (Å²) in [5.41, 5.74) is 2.55. The zero-order valence-corrected chi connectivity index (χ0v) is 15.5. The monoisotopic (exact) mass is 369 g/mol. The van der Waals surface area contributed by atoms with E-state index >= 15 is 0 Å². The van der Waals surface area contributed by atoms with E-state index in [1.165, 1.54) is 10.4 Å². The van der Waals surface area contributed by atoms with E-state index in [0.29, 0.717) is 11.3 Å². The van der Waals surface area contributed by atoms with Gasteiger partial charge in [-0.05, 0) is 43.2 Å². The first-order valence-corrected chi connectivity index (χ1v) is 9.72. The van der Waals surface area contributed by atoms with Crippen molar-refractivity contribution >= 4 is 15.7 Å². The van der Waals surface area contributed by atoms with Gasteiger partial charge in [0, 0.05) is 5.56 Å². The number of para-hydroxylation sites is 1. The van der Waals surface area contributed by atoms with Crippen molar-refractivity contribution < 1.29 is 12.8 Å². The van der Waals surface area contributed by atoms with Crippen molar-refractivity contribution in [2.75, 3.05) is 4.31 Å². The minimum atomic E-state index is -3.85. The Morgan fingerprint density at radius 3 is 2.00 bits per heavy atom. The molecule has 0 unspecified atom stereocenters. The molecule has 0 atom stereocenters. The Hall–Kier alpha value is -2.66. The van der Waals surface area contributed by atoms with Gasteiger partial charge < -0.3 is 0 Å². The molecule has 0 amide bonds. The molecule has 0 spiro atoms. The number of nitrogens with zero attached hydrogens (tertiary/aromatic N) is 1. The van der Waals surface area contributed by atoms with Crippen molar-refractivity contribution in [2.45, 2.75) is 25.3 Å². The molecule has 3 aromatic rings. The molecule has 5 heteroatoms. The Morgan fingerprint density at radius 1 is 0.808 bits per heavy atom. The van der Waals surface area contributed by atoms with Gasteiger partial charge in [0.05, 0.1) is 17.1 Å². The fraction of sp³-hybridized carbons (Fsp3) is 0.143. The van der Waals surface area contributed by atoms with E-state index in [1.54, 1.807) is 48.5 Å². The Kier molecular flexibility index (Phi) is 5.09. The zero-order valence-electron chi connectivity index (χ0n) is 14.7. The van der Waals surface area contributed by atoms with Gasteiger partial charge in [-0.25, -0.2) is 12.8 Å². The molecule has 0 bridgehead atoms. The highest BCUT2D eigenvalue weighted by atomic mass is 32.2. The summed E-state index contributed by atoms with van der Waals surface area (Å²) >= 11 is 0. The molecule has 26 heavy (non-hydrogen) atoms. The lowest BCUT2D eigenvalue weighted by molar-refractivity contribution is 0.585. The summed E-state index contributed by atoms with van der Waals surface area (Å²) in [5, 5.41) is 0. The van der Waals surface area contributed by atoms with E-state index in [2.05, 4.69) is 0 Å². The maximum absolute atomic E-state index is 14.2. The van der Waals surface area contributed by atoms with Crippen LogP contribution in [0.15, 0.2) is 77.7 Å². The maximum atomic E-state index is 14.2. The number of sulfonamides is 1. The molecule has 134 valence electrons. The van der Waals surface area contributed by atoms with Crippen molar-refractivity contribution in [2.24, 2.45) is 0 Å². The third-order valence-electron chi connectivity index (χ3n) is 4.29. The lowest BCUT2D eigenvalue weighted by Gasteiger charge is -2.28. The number of halogens is 1. The summed E-state index contributed by atoms with van der Waals surface area (Å²) in [7, 11) is -3.85. The van der Waals surface area contributed by atoms with Gasteiger partial charge in [0.15, 0.2) is 0 Å². The average Bonchev–Trinajstić information content (AvgIpc) is 2.63. The predicted molar refractivity (Wildman–Crippen MR) is 102 cm³/mol. The predicted octanol–water partition coefficient (Wildman–Crippen LogP) is 4.84. The van der Waals surface area contributed by atoms with E-state index in [4.69, 9.17) is 0 Å². The highest BCUT2D eigenvalue weighted by molar-refractivity contribution is 7.92. The van der Waals surface area contributed by atoms with Crippen molar-refractivity contribution in [3.63, 3.8) is 0 Å². The quantitative estimate of drug-likeness (QED) is 0.645. The molecule has 0 saturated carbocycles. The van der Waals surface area contributed by atoms with Crippen LogP contribution < -0.4 is 4.31 Å². The summed E-state index contributed by atoms with van der Waals surface area (Å²) in [6.07, 6.45) is 0. The first-order valence-electron chi connectivity index (χ1n) is 8.28. The number of rotatable bonds is 5. The van der Waals surface area contributed by atoms with Gasteiger partial charge in [0.25, 0.3) is 10.0 Å². The summed E-state index contributed by atoms with van der Waals surface area (Å²) in [5.74, 6) is -0.424. The Bertz CT molecular complexity index is 997. The van der Waals surface area contributed by atoms with Gasteiger partial charge in [-0.3, -0.25) is 4.31 Å². The van der Waals surface area contributed by atoms with Crippen LogP contribution in [0.2, 0.25) is 0 Å². The average molecular weight is 369 g/mol. The zero-order chi connectivity index (χ0) is 18.7. The first-order chi connectivity index (χ1) is 12.4. The normalized spacial score (nSPS) is 11.3. The minimum absolute atomic E-state index is 0.0738. The Morgan fingerprint density at radius 2 is 1.38 bits per heavy atom. The summed E-state index contributed by atoms with van der Waals surface area (Å²) < 4.78 is 42.2. The first kappa shape index (κ1) is 18.1. The SMILES string of the molecule is Cc1cccc(C)c1N(Cc1ccccc1F)S(=O)(=O)c1ccccc1. The van der Waals surface area contributed by atoms with E-state index in [1.807, 2.05) is 32.0 Å². The molecule has 0 N–H and O–H groups in total. The smallest absolute Gasteiger partial charge is 0.261 e. The van der Waals surface area contributed by atoms with Crippen LogP contribution in [0.4, 0.5) is 10.1 Å². The van der Waals surface area contributed by atoms with Crippen LogP contribution in [0.25, 0.3) is 0 Å². The van der Waals surface area contributed by atoms with Gasteiger partial charge >= 0.3 is 0 Å². The van der Waals surface area contributed by atoms with Gasteiger partial charge in [-0.15, -0.1) is 0 Å². The molecule has 0 aliphatic heterocycles. The molecule has 0 radical (unpaired) electrons. The number of hydrogen-bond acceptors (Lipinski definition) is 2. The van der Waals surface area contributed by atoms with Crippen LogP contribution in [0, 0.1) is 19.7 Å². The van der Waals surface area contributed by atoms with Crippen molar-refractivity contribution in [1.29, 1.82) is 0 Å². The van der Waals surface area contributed by atoms with E-state index < -0.39 is 15.8 Å². The van der Waals surface area contributed by atoms with E-state index in [0.717, 1.165) is 11.1 Å². The highest BCUT2D eigenvalue weighted by Crippen LogP contribution is 2.32. The van der Waals surface area contributed by atoms with Gasteiger partial charge in [0.2, 0.25) is 0 Å². The van der Waals surface area contributed by atoms with Crippen molar-refractivity contribution in [3.05, 3.63) is 95.3 Å². The Balaban J connectivity index is 2.19. The van der Waals surface area contributed by atoms with Gasteiger partial charge in [-0.1, -0.05) is 54.6 Å². The second-order valence-corrected chi connectivity index (χ2v) is 8.02. The standard InChI is InChI=1S/C21H20FNO2S/c1-16-9-8-10-17(2)21(16)23(15-18-11-6-7-14-20(18)22)26(24,25)19-12-4-3-5-13-19/h3-14H,15H2,1-2H3. The maximum Gasteiger partial charge on any atom is 0.264 e. The van der Waals surface area contributed by atoms with Crippen LogP contribution in [0.1, 0.15) is 16.7 Å². The molecule has 0 aromatic heterocycles. The highest BCUT2D eigenvalue weighted by Gasteiger charge is 2.28. The second kappa shape index (κ2) is 7.30. The largest absolute Gasteiger partial charge is 0.264 e. The molecular formula is C21H20FNO2S. The lowest BCUT2D eigenvalue weighted by Crippen LogP contribution is -2.32. The second-order valence-electron chi connectivity index (χ2n) is 6.16. The number of aryl methyl sites for hydroxylation is 2. The molecule has 3 nitrogen and oxygen atoms in total. The molecule has 0 heterocycles. The summed E-state index contributed by atoms with van der Waals surface area (Å²) in [6, 6.07) is 20.1. The molecule has 0 fully saturated rings. The summed E-state index contributed by atoms with van der Waals surface area (Å²) in [4.78, 5) is 0.180. The van der Waals surface area contributed by atoms with E-state index in [9.17, 15) is 12.8 Å². The van der Waals surface area contributed by atoms with Crippen molar-refractivity contribution in [1.82, 2.24) is 0 Å². The topological polar surface area (TPSA) is 37.4 Å². The van der Waals surface area contributed by atoms with Crippen LogP contribution >= 0.6 is 0 Å². The molecule has 3 aromatic carbocycles. The fourth-order valence-electron chi connectivity index (χ4n) is 2.98. The number of benzene rings is 3. The van der Waals surface area contributed by atoms with E-state index in [-0.39, 0.29) is 11.4 Å². The lowest BCUT2D eigenvalue weighted by atomic mass is 10.1. The fourth-order valence-corrected chi connectivity index (χ4v) is 4.58. The Labute approximate surface area is 153 Å².